The molecule has 0 spiro atoms. The molecule has 5 nitrogen and oxygen atoms in total. The molecule has 0 bridgehead atoms. The SMILES string of the molecule is COc1ccccc1C(=O)c1c(O)c2ccccc2[nH]c1=O. The first-order valence-corrected chi connectivity index (χ1v) is 6.65. The number of para-hydroxylation sites is 2. The number of ether oxygens (including phenoxy) is 1. The van der Waals surface area contributed by atoms with E-state index in [0.717, 1.165) is 0 Å². The summed E-state index contributed by atoms with van der Waals surface area (Å²) in [4.78, 5) is 27.5. The monoisotopic (exact) mass is 295 g/mol. The number of aromatic amines is 1. The minimum absolute atomic E-state index is 0.223. The Bertz CT molecular complexity index is 927. The molecular formula is C17H13NO4. The number of methoxy groups -OCH3 is 1. The minimum Gasteiger partial charge on any atom is -0.506 e. The smallest absolute Gasteiger partial charge is 0.263 e. The van der Waals surface area contributed by atoms with Crippen molar-refractivity contribution < 1.29 is 14.6 Å². The molecule has 0 aliphatic heterocycles. The molecule has 1 aromatic heterocycles. The third-order valence-electron chi connectivity index (χ3n) is 3.47. The summed E-state index contributed by atoms with van der Waals surface area (Å²) >= 11 is 0. The van der Waals surface area contributed by atoms with Gasteiger partial charge in [0.25, 0.3) is 5.56 Å². The molecule has 0 radical (unpaired) electrons. The van der Waals surface area contributed by atoms with Crippen molar-refractivity contribution in [2.24, 2.45) is 0 Å². The lowest BCUT2D eigenvalue weighted by Gasteiger charge is -2.09. The van der Waals surface area contributed by atoms with E-state index in [2.05, 4.69) is 4.98 Å². The van der Waals surface area contributed by atoms with E-state index in [4.69, 9.17) is 4.74 Å². The molecule has 3 aromatic rings. The zero-order chi connectivity index (χ0) is 15.7. The Labute approximate surface area is 125 Å². The average molecular weight is 295 g/mol. The second-order valence-electron chi connectivity index (χ2n) is 4.75. The number of hydrogen-bond acceptors (Lipinski definition) is 4. The van der Waals surface area contributed by atoms with E-state index in [0.29, 0.717) is 16.7 Å². The molecule has 2 aromatic carbocycles. The Morgan fingerprint density at radius 3 is 2.55 bits per heavy atom. The summed E-state index contributed by atoms with van der Waals surface area (Å²) in [6.07, 6.45) is 0. The maximum atomic E-state index is 12.7. The van der Waals surface area contributed by atoms with Crippen molar-refractivity contribution in [1.82, 2.24) is 4.98 Å². The summed E-state index contributed by atoms with van der Waals surface area (Å²) < 4.78 is 5.14. The number of pyridine rings is 1. The minimum atomic E-state index is -0.632. The normalized spacial score (nSPS) is 10.6. The third-order valence-corrected chi connectivity index (χ3v) is 3.47. The lowest BCUT2D eigenvalue weighted by Crippen LogP contribution is -2.19. The lowest BCUT2D eigenvalue weighted by molar-refractivity contribution is 0.103. The van der Waals surface area contributed by atoms with E-state index in [1.54, 1.807) is 48.5 Å². The second-order valence-corrected chi connectivity index (χ2v) is 4.75. The number of aromatic hydroxyl groups is 1. The summed E-state index contributed by atoms with van der Waals surface area (Å²) in [6.45, 7) is 0. The molecule has 5 heteroatoms. The van der Waals surface area contributed by atoms with Crippen LogP contribution in [0, 0.1) is 0 Å². The molecule has 110 valence electrons. The van der Waals surface area contributed by atoms with E-state index < -0.39 is 11.3 Å². The van der Waals surface area contributed by atoms with Crippen LogP contribution in [-0.4, -0.2) is 23.0 Å². The number of aromatic nitrogens is 1. The van der Waals surface area contributed by atoms with Gasteiger partial charge in [-0.2, -0.15) is 0 Å². The van der Waals surface area contributed by atoms with Gasteiger partial charge in [0.05, 0.1) is 18.2 Å². The quantitative estimate of drug-likeness (QED) is 0.727. The van der Waals surface area contributed by atoms with Crippen LogP contribution in [0.25, 0.3) is 10.9 Å². The van der Waals surface area contributed by atoms with Gasteiger partial charge in [-0.1, -0.05) is 24.3 Å². The van der Waals surface area contributed by atoms with Crippen LogP contribution < -0.4 is 10.3 Å². The fourth-order valence-electron chi connectivity index (χ4n) is 2.40. The van der Waals surface area contributed by atoms with Gasteiger partial charge in [-0.3, -0.25) is 9.59 Å². The van der Waals surface area contributed by atoms with Crippen LogP contribution >= 0.6 is 0 Å². The van der Waals surface area contributed by atoms with Crippen LogP contribution in [0.3, 0.4) is 0 Å². The van der Waals surface area contributed by atoms with Crippen LogP contribution in [-0.2, 0) is 0 Å². The number of hydrogen-bond donors (Lipinski definition) is 2. The molecule has 0 aliphatic rings. The molecule has 0 saturated carbocycles. The molecule has 22 heavy (non-hydrogen) atoms. The molecule has 0 atom stereocenters. The number of carbonyl (C=O) groups excluding carboxylic acids is 1. The standard InChI is InChI=1S/C17H13NO4/c1-22-13-9-5-3-7-11(13)16(20)14-15(19)10-6-2-4-8-12(10)18-17(14)21/h2-9H,1H3,(H2,18,19,21). The molecule has 0 unspecified atom stereocenters. The Balaban J connectivity index is 2.26. The average Bonchev–Trinajstić information content (AvgIpc) is 2.54. The van der Waals surface area contributed by atoms with Crippen molar-refractivity contribution in [1.29, 1.82) is 0 Å². The number of nitrogens with one attached hydrogen (secondary N) is 1. The molecular weight excluding hydrogens is 282 g/mol. The molecule has 0 fully saturated rings. The van der Waals surface area contributed by atoms with Crippen LogP contribution in [0.1, 0.15) is 15.9 Å². The Morgan fingerprint density at radius 1 is 1.09 bits per heavy atom. The highest BCUT2D eigenvalue weighted by Crippen LogP contribution is 2.28. The van der Waals surface area contributed by atoms with Crippen LogP contribution in [0.4, 0.5) is 0 Å². The zero-order valence-electron chi connectivity index (χ0n) is 11.8. The van der Waals surface area contributed by atoms with Gasteiger partial charge in [0.2, 0.25) is 5.78 Å². The first-order chi connectivity index (χ1) is 10.6. The Hall–Kier alpha value is -3.08. The largest absolute Gasteiger partial charge is 0.506 e. The fourth-order valence-corrected chi connectivity index (χ4v) is 2.40. The van der Waals surface area contributed by atoms with Crippen molar-refractivity contribution in [3.8, 4) is 11.5 Å². The van der Waals surface area contributed by atoms with Crippen LogP contribution in [0.15, 0.2) is 53.3 Å². The van der Waals surface area contributed by atoms with Gasteiger partial charge < -0.3 is 14.8 Å². The molecule has 1 heterocycles. The number of rotatable bonds is 3. The first-order valence-electron chi connectivity index (χ1n) is 6.65. The van der Waals surface area contributed by atoms with Gasteiger partial charge in [-0.15, -0.1) is 0 Å². The van der Waals surface area contributed by atoms with Crippen molar-refractivity contribution >= 4 is 16.7 Å². The number of benzene rings is 2. The topological polar surface area (TPSA) is 79.4 Å². The van der Waals surface area contributed by atoms with E-state index >= 15 is 0 Å². The summed E-state index contributed by atoms with van der Waals surface area (Å²) in [5.74, 6) is -0.559. The maximum absolute atomic E-state index is 12.7. The van der Waals surface area contributed by atoms with E-state index in [1.807, 2.05) is 0 Å². The number of ketones is 1. The van der Waals surface area contributed by atoms with Gasteiger partial charge in [0, 0.05) is 5.39 Å². The van der Waals surface area contributed by atoms with Crippen molar-refractivity contribution in [3.63, 3.8) is 0 Å². The van der Waals surface area contributed by atoms with Gasteiger partial charge in [0.15, 0.2) is 0 Å². The van der Waals surface area contributed by atoms with Gasteiger partial charge >= 0.3 is 0 Å². The summed E-state index contributed by atoms with van der Waals surface area (Å²) in [5.41, 5.74) is -0.224. The molecule has 3 rings (SSSR count). The molecule has 0 aliphatic carbocycles. The molecule has 0 saturated heterocycles. The predicted octanol–water partition coefficient (Wildman–Crippen LogP) is 2.47. The summed E-state index contributed by atoms with van der Waals surface area (Å²) in [6, 6.07) is 13.3. The van der Waals surface area contributed by atoms with E-state index in [9.17, 15) is 14.7 Å². The lowest BCUT2D eigenvalue weighted by atomic mass is 10.0. The third kappa shape index (κ3) is 2.13. The summed E-state index contributed by atoms with van der Waals surface area (Å²) in [7, 11) is 1.44. The number of carbonyl (C=O) groups is 1. The number of H-pyrrole nitrogens is 1. The first kappa shape index (κ1) is 13.9. The van der Waals surface area contributed by atoms with Gasteiger partial charge in [0.1, 0.15) is 17.1 Å². The Kier molecular flexibility index (Phi) is 3.39. The molecule has 2 N–H and O–H groups in total. The highest BCUT2D eigenvalue weighted by atomic mass is 16.5. The highest BCUT2D eigenvalue weighted by Gasteiger charge is 2.22. The van der Waals surface area contributed by atoms with E-state index in [1.165, 1.54) is 7.11 Å². The predicted molar refractivity (Wildman–Crippen MR) is 82.7 cm³/mol. The fraction of sp³-hybridized carbons (Fsp3) is 0.0588. The van der Waals surface area contributed by atoms with E-state index in [-0.39, 0.29) is 16.9 Å². The van der Waals surface area contributed by atoms with Crippen molar-refractivity contribution in [2.75, 3.05) is 7.11 Å². The van der Waals surface area contributed by atoms with Crippen molar-refractivity contribution in [3.05, 3.63) is 70.0 Å². The van der Waals surface area contributed by atoms with Crippen LogP contribution in [0.2, 0.25) is 0 Å². The van der Waals surface area contributed by atoms with Crippen molar-refractivity contribution in [2.45, 2.75) is 0 Å². The number of fused-ring (bicyclic) bond motifs is 1. The highest BCUT2D eigenvalue weighted by molar-refractivity contribution is 6.14. The second kappa shape index (κ2) is 5.37. The molecule has 0 amide bonds. The zero-order valence-corrected chi connectivity index (χ0v) is 11.8. The Morgan fingerprint density at radius 2 is 1.77 bits per heavy atom. The van der Waals surface area contributed by atoms with Crippen LogP contribution in [0.5, 0.6) is 11.5 Å². The van der Waals surface area contributed by atoms with Gasteiger partial charge in [-0.05, 0) is 24.3 Å². The summed E-state index contributed by atoms with van der Waals surface area (Å²) in [5, 5.41) is 10.8. The maximum Gasteiger partial charge on any atom is 0.263 e. The van der Waals surface area contributed by atoms with Gasteiger partial charge in [-0.25, -0.2) is 0 Å².